The highest BCUT2D eigenvalue weighted by atomic mass is 28.3. The molecule has 5 nitrogen and oxygen atoms in total. The van der Waals surface area contributed by atoms with Gasteiger partial charge in [0, 0.05) is 43.9 Å². The highest BCUT2D eigenvalue weighted by Crippen LogP contribution is 2.36. The summed E-state index contributed by atoms with van der Waals surface area (Å²) >= 11 is 0. The number of furan rings is 1. The SMILES string of the molecule is Cc1ccc([Si](c2ccccc2)(c2ccccc2)c2cccc(-c3cc(-n4c5ccccc5c5ccccc54)nc(-n4c5ccccc5c5ccccc54)n3)c2)c2oc3ccccc3c12. The van der Waals surface area contributed by atoms with Crippen molar-refractivity contribution in [1.29, 1.82) is 0 Å². The largest absolute Gasteiger partial charge is 0.456 e. The maximum absolute atomic E-state index is 7.01. The van der Waals surface area contributed by atoms with Crippen LogP contribution < -0.4 is 20.7 Å². The molecule has 0 saturated heterocycles. The van der Waals surface area contributed by atoms with Crippen LogP contribution in [0.1, 0.15) is 5.56 Å². The number of benzene rings is 9. The summed E-state index contributed by atoms with van der Waals surface area (Å²) in [5.74, 6) is 1.41. The number of para-hydroxylation sites is 5. The molecule has 306 valence electrons. The summed E-state index contributed by atoms with van der Waals surface area (Å²) in [5.41, 5.74) is 9.17. The van der Waals surface area contributed by atoms with Crippen molar-refractivity contribution in [2.45, 2.75) is 6.92 Å². The second-order valence-electron chi connectivity index (χ2n) is 16.9. The molecule has 0 unspecified atom stereocenters. The fraction of sp³-hybridized carbons (Fsp3) is 0.0169. The van der Waals surface area contributed by atoms with Crippen molar-refractivity contribution in [2.75, 3.05) is 0 Å². The van der Waals surface area contributed by atoms with E-state index in [0.29, 0.717) is 5.95 Å². The summed E-state index contributed by atoms with van der Waals surface area (Å²) in [6, 6.07) is 80.9. The first-order valence-electron chi connectivity index (χ1n) is 22.2. The Kier molecular flexibility index (Phi) is 8.38. The summed E-state index contributed by atoms with van der Waals surface area (Å²) in [4.78, 5) is 11.1. The van der Waals surface area contributed by atoms with E-state index in [1.165, 1.54) is 42.5 Å². The standard InChI is InChI=1S/C59H40N4OSi/c1-39-35-36-55(58-57(39)48-29-12-17-34-54(48)64-58)65(41-20-4-2-5-21-41,42-22-6-3-7-23-42)43-24-18-19-40(37-43)49-38-56(62-50-30-13-8-25-44(50)45-26-9-14-31-51(45)62)61-59(60-49)63-52-32-15-10-27-46(52)47-28-11-16-33-53(47)63/h2-38H,1H3. The molecule has 0 atom stereocenters. The lowest BCUT2D eigenvalue weighted by atomic mass is 10.1. The molecular weight excluding hydrogens is 809 g/mol. The highest BCUT2D eigenvalue weighted by molar-refractivity contribution is 7.20. The van der Waals surface area contributed by atoms with E-state index < -0.39 is 8.07 Å². The normalized spacial score (nSPS) is 12.1. The molecular formula is C59H40N4OSi. The van der Waals surface area contributed by atoms with Gasteiger partial charge in [0.1, 0.15) is 17.0 Å². The molecule has 0 N–H and O–H groups in total. The van der Waals surface area contributed by atoms with Gasteiger partial charge in [-0.05, 0) is 63.6 Å². The quantitative estimate of drug-likeness (QED) is 0.119. The Bertz CT molecular complexity index is 3700. The fourth-order valence-electron chi connectivity index (χ4n) is 10.6. The van der Waals surface area contributed by atoms with Crippen molar-refractivity contribution in [3.05, 3.63) is 230 Å². The van der Waals surface area contributed by atoms with E-state index in [-0.39, 0.29) is 0 Å². The predicted octanol–water partition coefficient (Wildman–Crippen LogP) is 11.9. The number of aromatic nitrogens is 4. The number of nitrogens with zero attached hydrogens (tertiary/aromatic N) is 4. The van der Waals surface area contributed by atoms with Crippen LogP contribution in [0, 0.1) is 6.92 Å². The van der Waals surface area contributed by atoms with Crippen molar-refractivity contribution in [3.63, 3.8) is 0 Å². The van der Waals surface area contributed by atoms with Crippen LogP contribution in [0.4, 0.5) is 0 Å². The lowest BCUT2D eigenvalue weighted by Gasteiger charge is -2.34. The van der Waals surface area contributed by atoms with E-state index in [1.54, 1.807) is 0 Å². The molecule has 4 heterocycles. The summed E-state index contributed by atoms with van der Waals surface area (Å²) < 4.78 is 11.5. The number of rotatable bonds is 7. The molecule has 0 amide bonds. The number of aryl methyl sites for hydroxylation is 1. The predicted molar refractivity (Wildman–Crippen MR) is 272 cm³/mol. The number of fused-ring (bicyclic) bond motifs is 9. The van der Waals surface area contributed by atoms with Gasteiger partial charge in [-0.2, -0.15) is 4.98 Å². The molecule has 0 bridgehead atoms. The molecule has 65 heavy (non-hydrogen) atoms. The van der Waals surface area contributed by atoms with E-state index in [4.69, 9.17) is 14.4 Å². The highest BCUT2D eigenvalue weighted by Gasteiger charge is 2.44. The van der Waals surface area contributed by atoms with Crippen molar-refractivity contribution in [3.8, 4) is 23.0 Å². The molecule has 0 spiro atoms. The van der Waals surface area contributed by atoms with Gasteiger partial charge < -0.3 is 4.42 Å². The van der Waals surface area contributed by atoms with E-state index in [2.05, 4.69) is 241 Å². The molecule has 13 aromatic rings. The lowest BCUT2D eigenvalue weighted by Crippen LogP contribution is -2.74. The van der Waals surface area contributed by atoms with E-state index in [0.717, 1.165) is 66.5 Å². The smallest absolute Gasteiger partial charge is 0.237 e. The maximum atomic E-state index is 7.01. The van der Waals surface area contributed by atoms with Crippen LogP contribution in [0.25, 0.3) is 88.6 Å². The van der Waals surface area contributed by atoms with Gasteiger partial charge in [0.15, 0.2) is 8.07 Å². The third-order valence-corrected chi connectivity index (χ3v) is 18.2. The minimum atomic E-state index is -3.14. The number of hydrogen-bond acceptors (Lipinski definition) is 3. The van der Waals surface area contributed by atoms with Gasteiger partial charge in [0.25, 0.3) is 0 Å². The van der Waals surface area contributed by atoms with Crippen LogP contribution in [0.2, 0.25) is 0 Å². The van der Waals surface area contributed by atoms with Gasteiger partial charge in [-0.25, -0.2) is 4.98 Å². The third kappa shape index (κ3) is 5.57. The monoisotopic (exact) mass is 848 g/mol. The molecule has 0 saturated carbocycles. The summed E-state index contributed by atoms with van der Waals surface area (Å²) in [5, 5.41) is 12.0. The molecule has 0 aliphatic carbocycles. The second kappa shape index (κ2) is 14.6. The minimum absolute atomic E-state index is 0.610. The van der Waals surface area contributed by atoms with Crippen LogP contribution in [0.5, 0.6) is 0 Å². The maximum Gasteiger partial charge on any atom is 0.237 e. The minimum Gasteiger partial charge on any atom is -0.456 e. The van der Waals surface area contributed by atoms with Crippen LogP contribution in [0.3, 0.4) is 0 Å². The van der Waals surface area contributed by atoms with Gasteiger partial charge in [-0.15, -0.1) is 0 Å². The Morgan fingerprint density at radius 3 is 1.49 bits per heavy atom. The second-order valence-corrected chi connectivity index (χ2v) is 20.7. The van der Waals surface area contributed by atoms with Crippen LogP contribution in [0.15, 0.2) is 229 Å². The van der Waals surface area contributed by atoms with E-state index in [9.17, 15) is 0 Å². The average molecular weight is 849 g/mol. The molecule has 4 aromatic heterocycles. The summed E-state index contributed by atoms with van der Waals surface area (Å²) in [6.07, 6.45) is 0. The lowest BCUT2D eigenvalue weighted by molar-refractivity contribution is 0.671. The average Bonchev–Trinajstić information content (AvgIpc) is 4.04. The van der Waals surface area contributed by atoms with Crippen LogP contribution in [-0.2, 0) is 0 Å². The van der Waals surface area contributed by atoms with Crippen molar-refractivity contribution in [1.82, 2.24) is 19.1 Å². The van der Waals surface area contributed by atoms with Gasteiger partial charge in [-0.1, -0.05) is 188 Å². The van der Waals surface area contributed by atoms with Crippen LogP contribution in [-0.4, -0.2) is 27.2 Å². The van der Waals surface area contributed by atoms with E-state index in [1.807, 2.05) is 0 Å². The van der Waals surface area contributed by atoms with Crippen LogP contribution >= 0.6 is 0 Å². The molecule has 0 radical (unpaired) electrons. The van der Waals surface area contributed by atoms with Gasteiger partial charge in [-0.3, -0.25) is 9.13 Å². The topological polar surface area (TPSA) is 48.8 Å². The Balaban J connectivity index is 1.13. The zero-order valence-corrected chi connectivity index (χ0v) is 36.6. The fourth-order valence-corrected chi connectivity index (χ4v) is 15.5. The third-order valence-electron chi connectivity index (χ3n) is 13.4. The molecule has 6 heteroatoms. The molecule has 13 rings (SSSR count). The Morgan fingerprint density at radius 1 is 0.415 bits per heavy atom. The first-order valence-corrected chi connectivity index (χ1v) is 24.2. The van der Waals surface area contributed by atoms with Crippen molar-refractivity contribution in [2.24, 2.45) is 0 Å². The molecule has 0 aliphatic heterocycles. The van der Waals surface area contributed by atoms with Gasteiger partial charge >= 0.3 is 0 Å². The summed E-state index contributed by atoms with van der Waals surface area (Å²) in [6.45, 7) is 2.20. The molecule has 9 aromatic carbocycles. The van der Waals surface area contributed by atoms with Gasteiger partial charge in [0.05, 0.1) is 27.8 Å². The first kappa shape index (κ1) is 37.3. The first-order chi connectivity index (χ1) is 32.2. The van der Waals surface area contributed by atoms with Crippen molar-refractivity contribution >= 4 is 94.4 Å². The number of hydrogen-bond donors (Lipinski definition) is 0. The molecule has 0 fully saturated rings. The zero-order valence-electron chi connectivity index (χ0n) is 35.6. The Morgan fingerprint density at radius 2 is 0.908 bits per heavy atom. The zero-order chi connectivity index (χ0) is 43.1. The van der Waals surface area contributed by atoms with Gasteiger partial charge in [0.2, 0.25) is 5.95 Å². The molecule has 0 aliphatic rings. The Hall–Kier alpha value is -8.32. The van der Waals surface area contributed by atoms with Crippen molar-refractivity contribution < 1.29 is 4.42 Å². The van der Waals surface area contributed by atoms with E-state index >= 15 is 0 Å². The summed E-state index contributed by atoms with van der Waals surface area (Å²) in [7, 11) is -3.14. The Labute approximate surface area is 376 Å².